The fourth-order valence-electron chi connectivity index (χ4n) is 5.54. The molecular weight excluding hydrogens is 762 g/mol. The molecule has 1 saturated heterocycles. The Morgan fingerprint density at radius 1 is 0.962 bits per heavy atom. The summed E-state index contributed by atoms with van der Waals surface area (Å²) < 4.78 is 19.2. The Balaban J connectivity index is 1.52. The number of nitrogens with zero attached hydrogens (tertiary/aromatic N) is 10. The molecule has 52 heavy (non-hydrogen) atoms. The van der Waals surface area contributed by atoms with Crippen molar-refractivity contribution in [2.75, 3.05) is 22.9 Å². The van der Waals surface area contributed by atoms with Gasteiger partial charge >= 0.3 is 18.3 Å². The average molecular weight is 805 g/mol. The van der Waals surface area contributed by atoms with Crippen LogP contribution < -0.4 is 15.1 Å². The quantitative estimate of drug-likeness (QED) is 0.220. The predicted molar refractivity (Wildman–Crippen MR) is 195 cm³/mol. The van der Waals surface area contributed by atoms with Gasteiger partial charge in [0, 0.05) is 33.8 Å². The number of anilines is 2. The lowest BCUT2D eigenvalue weighted by atomic mass is 9.98. The number of hydrogen-bond donors (Lipinski definition) is 1. The van der Waals surface area contributed by atoms with E-state index in [1.807, 2.05) is 6.07 Å². The lowest BCUT2D eigenvalue weighted by Gasteiger charge is -2.30. The van der Waals surface area contributed by atoms with E-state index < -0.39 is 40.6 Å². The highest BCUT2D eigenvalue weighted by molar-refractivity contribution is 9.10. The van der Waals surface area contributed by atoms with Gasteiger partial charge in [0.05, 0.1) is 19.9 Å². The fraction of sp³-hybridized carbons (Fsp3) is 0.545. The van der Waals surface area contributed by atoms with Crippen molar-refractivity contribution >= 4 is 68.5 Å². The molecule has 1 fully saturated rings. The zero-order valence-electron chi connectivity index (χ0n) is 30.8. The first-order valence-electron chi connectivity index (χ1n) is 16.4. The number of carbonyl (C=O) groups is 3. The molecule has 0 bridgehead atoms. The SMILES string of the molecule is Cn1nnc([C@@]2(NC(=O)OC(C)(C)C)CCN(c3cc(Cl)cc(Br)c3Cn3cnc4c(N(C(=O)OC(C)(C)C)C(=O)OC(C)(C)C)ncnc43)C2)n1. The van der Waals surface area contributed by atoms with E-state index in [0.717, 1.165) is 16.2 Å². The molecule has 0 unspecified atom stereocenters. The topological polar surface area (TPSA) is 185 Å². The number of carbonyl (C=O) groups excluding carboxylic acids is 3. The molecular formula is C33H43BrClN11O6. The normalized spacial score (nSPS) is 16.6. The van der Waals surface area contributed by atoms with Gasteiger partial charge < -0.3 is 29.0 Å². The fourth-order valence-corrected chi connectivity index (χ4v) is 6.46. The molecule has 0 radical (unpaired) electrons. The van der Waals surface area contributed by atoms with Crippen LogP contribution in [0.5, 0.6) is 0 Å². The lowest BCUT2D eigenvalue weighted by molar-refractivity contribution is 0.0422. The molecule has 3 amide bonds. The molecule has 4 heterocycles. The van der Waals surface area contributed by atoms with Gasteiger partial charge in [0.2, 0.25) is 5.82 Å². The second kappa shape index (κ2) is 14.1. The number of amides is 3. The molecule has 3 aromatic heterocycles. The molecule has 0 saturated carbocycles. The molecule has 1 N–H and O–H groups in total. The smallest absolute Gasteiger partial charge is 0.425 e. The maximum atomic E-state index is 13.4. The Morgan fingerprint density at radius 3 is 2.17 bits per heavy atom. The van der Waals surface area contributed by atoms with Crippen molar-refractivity contribution in [1.29, 1.82) is 0 Å². The van der Waals surface area contributed by atoms with Crippen molar-refractivity contribution in [2.24, 2.45) is 7.05 Å². The van der Waals surface area contributed by atoms with Gasteiger partial charge in [-0.2, -0.15) is 9.70 Å². The van der Waals surface area contributed by atoms with E-state index in [2.05, 4.69) is 56.5 Å². The summed E-state index contributed by atoms with van der Waals surface area (Å²) in [4.78, 5) is 57.4. The average Bonchev–Trinajstić information content (AvgIpc) is 3.71. The first-order valence-corrected chi connectivity index (χ1v) is 17.6. The highest BCUT2D eigenvalue weighted by Gasteiger charge is 2.46. The van der Waals surface area contributed by atoms with E-state index >= 15 is 0 Å². The molecule has 5 rings (SSSR count). The van der Waals surface area contributed by atoms with Crippen LogP contribution in [-0.2, 0) is 33.3 Å². The molecule has 4 aromatic rings. The number of nitrogens with one attached hydrogen (secondary N) is 1. The number of halogens is 2. The minimum absolute atomic E-state index is 0.100. The van der Waals surface area contributed by atoms with Crippen LogP contribution in [0.2, 0.25) is 5.02 Å². The van der Waals surface area contributed by atoms with Crippen molar-refractivity contribution in [3.8, 4) is 0 Å². The second-order valence-electron chi connectivity index (χ2n) is 15.4. The number of ether oxygens (including phenoxy) is 3. The number of hydrogen-bond acceptors (Lipinski definition) is 13. The molecule has 1 aliphatic rings. The van der Waals surface area contributed by atoms with Crippen molar-refractivity contribution in [3.05, 3.63) is 45.7 Å². The number of aromatic nitrogens is 8. The highest BCUT2D eigenvalue weighted by atomic mass is 79.9. The van der Waals surface area contributed by atoms with Crippen LogP contribution in [0.4, 0.5) is 25.9 Å². The number of fused-ring (bicyclic) bond motifs is 1. The minimum atomic E-state index is -1.03. The van der Waals surface area contributed by atoms with Gasteiger partial charge in [-0.05, 0) is 86.1 Å². The third-order valence-corrected chi connectivity index (χ3v) is 8.42. The monoisotopic (exact) mass is 803 g/mol. The van der Waals surface area contributed by atoms with Gasteiger partial charge in [-0.25, -0.2) is 29.3 Å². The van der Waals surface area contributed by atoms with Crippen LogP contribution in [0.25, 0.3) is 11.2 Å². The van der Waals surface area contributed by atoms with E-state index in [1.165, 1.54) is 17.5 Å². The molecule has 0 aliphatic carbocycles. The first-order chi connectivity index (χ1) is 24.0. The molecule has 1 aromatic carbocycles. The predicted octanol–water partition coefficient (Wildman–Crippen LogP) is 6.12. The standard InChI is InChI=1S/C33H43BrClN11O6/c1-30(2,3)50-27(47)39-33(26-40-42-43(10)41-26)11-12-44(16-33)22-14-19(35)13-21(34)20(22)15-45-18-38-23-24(45)36-17-37-25(23)46(28(48)51-31(4,5)6)29(49)52-32(7,8)9/h13-14,17-18H,11-12,15-16H2,1-10H3,(H,39,47)/t33-/m1/s1. The number of imidazole rings is 1. The third kappa shape index (κ3) is 8.89. The van der Waals surface area contributed by atoms with E-state index in [-0.39, 0.29) is 24.4 Å². The van der Waals surface area contributed by atoms with Crippen molar-refractivity contribution < 1.29 is 28.6 Å². The summed E-state index contributed by atoms with van der Waals surface area (Å²) in [5, 5.41) is 16.2. The maximum Gasteiger partial charge on any atom is 0.425 e. The van der Waals surface area contributed by atoms with E-state index in [1.54, 1.807) is 80.0 Å². The van der Waals surface area contributed by atoms with Crippen molar-refractivity contribution in [3.63, 3.8) is 0 Å². The zero-order valence-corrected chi connectivity index (χ0v) is 33.2. The lowest BCUT2D eigenvalue weighted by Crippen LogP contribution is -2.50. The summed E-state index contributed by atoms with van der Waals surface area (Å²) in [6, 6.07) is 3.61. The van der Waals surface area contributed by atoms with E-state index in [9.17, 15) is 14.4 Å². The number of aryl methyl sites for hydroxylation is 1. The number of imide groups is 1. The molecule has 17 nitrogen and oxygen atoms in total. The maximum absolute atomic E-state index is 13.4. The van der Waals surface area contributed by atoms with Gasteiger partial charge in [-0.1, -0.05) is 27.5 Å². The Labute approximate surface area is 314 Å². The van der Waals surface area contributed by atoms with Crippen LogP contribution in [0.1, 0.15) is 80.1 Å². The summed E-state index contributed by atoms with van der Waals surface area (Å²) in [5.74, 6) is 0.243. The number of rotatable bonds is 6. The minimum Gasteiger partial charge on any atom is -0.444 e. The molecule has 19 heteroatoms. The first kappa shape index (κ1) is 38.6. The van der Waals surface area contributed by atoms with Crippen LogP contribution in [0, 0.1) is 0 Å². The Kier molecular flexibility index (Phi) is 10.5. The van der Waals surface area contributed by atoms with E-state index in [0.29, 0.717) is 33.9 Å². The summed E-state index contributed by atoms with van der Waals surface area (Å²) in [6.45, 7) is 16.5. The summed E-state index contributed by atoms with van der Waals surface area (Å²) in [6.07, 6.45) is 0.653. The summed E-state index contributed by atoms with van der Waals surface area (Å²) in [5.41, 5.74) is -1.52. The number of benzene rings is 1. The number of alkyl carbamates (subject to hydrolysis) is 1. The van der Waals surface area contributed by atoms with Crippen LogP contribution >= 0.6 is 27.5 Å². The van der Waals surface area contributed by atoms with Gasteiger partial charge in [0.15, 0.2) is 17.0 Å². The van der Waals surface area contributed by atoms with Crippen LogP contribution in [0.15, 0.2) is 29.3 Å². The Bertz CT molecular complexity index is 1970. The Morgan fingerprint density at radius 2 is 1.60 bits per heavy atom. The van der Waals surface area contributed by atoms with Crippen molar-refractivity contribution in [2.45, 2.75) is 97.6 Å². The van der Waals surface area contributed by atoms with Gasteiger partial charge in [-0.3, -0.25) is 0 Å². The zero-order chi connectivity index (χ0) is 38.4. The molecule has 280 valence electrons. The van der Waals surface area contributed by atoms with Gasteiger partial charge in [0.1, 0.15) is 28.7 Å². The summed E-state index contributed by atoms with van der Waals surface area (Å²) in [7, 11) is 1.65. The largest absolute Gasteiger partial charge is 0.444 e. The second-order valence-corrected chi connectivity index (χ2v) is 16.7. The van der Waals surface area contributed by atoms with Crippen LogP contribution in [0.3, 0.4) is 0 Å². The summed E-state index contributed by atoms with van der Waals surface area (Å²) >= 11 is 10.3. The van der Waals surface area contributed by atoms with Crippen LogP contribution in [-0.4, -0.2) is 87.9 Å². The third-order valence-electron chi connectivity index (χ3n) is 7.50. The molecule has 1 aliphatic heterocycles. The number of tetrazole rings is 1. The highest BCUT2D eigenvalue weighted by Crippen LogP contribution is 2.39. The van der Waals surface area contributed by atoms with Gasteiger partial charge in [-0.15, -0.1) is 10.2 Å². The van der Waals surface area contributed by atoms with Crippen molar-refractivity contribution in [1.82, 2.24) is 45.0 Å². The molecule has 1 atom stereocenters. The van der Waals surface area contributed by atoms with Gasteiger partial charge in [0.25, 0.3) is 0 Å². The molecule has 0 spiro atoms. The Hall–Kier alpha value is -4.58. The van der Waals surface area contributed by atoms with E-state index in [4.69, 9.17) is 25.8 Å².